The van der Waals surface area contributed by atoms with Gasteiger partial charge in [-0.25, -0.2) is 15.0 Å². The maximum absolute atomic E-state index is 12.9. The van der Waals surface area contributed by atoms with Crippen LogP contribution in [0.25, 0.3) is 11.0 Å². The molecule has 3 aromatic rings. The van der Waals surface area contributed by atoms with Crippen molar-refractivity contribution in [2.75, 3.05) is 12.1 Å². The lowest BCUT2D eigenvalue weighted by Gasteiger charge is -2.25. The molecule has 1 aromatic heterocycles. The third-order valence-corrected chi connectivity index (χ3v) is 4.75. The SMILES string of the molecule is CC1C(=NC(=O)c2cc(=O)c3ccccc3o2)C(=O)N(c2ccccc2)N1C. The van der Waals surface area contributed by atoms with Gasteiger partial charge in [-0.1, -0.05) is 30.3 Å². The zero-order valence-electron chi connectivity index (χ0n) is 15.3. The molecular weight excluding hydrogens is 358 g/mol. The Morgan fingerprint density at radius 3 is 2.46 bits per heavy atom. The predicted octanol–water partition coefficient (Wildman–Crippen LogP) is 2.66. The lowest BCUT2D eigenvalue weighted by molar-refractivity contribution is -0.113. The third kappa shape index (κ3) is 2.91. The van der Waals surface area contributed by atoms with E-state index in [0.717, 1.165) is 6.07 Å². The average Bonchev–Trinajstić information content (AvgIpc) is 2.92. The zero-order chi connectivity index (χ0) is 19.8. The van der Waals surface area contributed by atoms with Crippen LogP contribution in [-0.4, -0.2) is 35.6 Å². The fourth-order valence-corrected chi connectivity index (χ4v) is 3.16. The van der Waals surface area contributed by atoms with Crippen LogP contribution in [0, 0.1) is 0 Å². The molecule has 0 bridgehead atoms. The molecule has 0 spiro atoms. The van der Waals surface area contributed by atoms with Crippen molar-refractivity contribution in [3.05, 3.63) is 76.6 Å². The van der Waals surface area contributed by atoms with Gasteiger partial charge >= 0.3 is 5.91 Å². The molecule has 140 valence electrons. The highest BCUT2D eigenvalue weighted by Crippen LogP contribution is 2.24. The Balaban J connectivity index is 1.71. The van der Waals surface area contributed by atoms with Crippen LogP contribution in [0.2, 0.25) is 0 Å². The standard InChI is InChI=1S/C21H17N3O4/c1-13-19(21(27)24(23(13)2)14-8-4-3-5-9-14)22-20(26)18-12-16(25)15-10-6-7-11-17(15)28-18/h3-13H,1-2H3. The number of amides is 2. The van der Waals surface area contributed by atoms with Crippen LogP contribution in [0.15, 0.2) is 74.9 Å². The highest BCUT2D eigenvalue weighted by Gasteiger charge is 2.40. The van der Waals surface area contributed by atoms with E-state index in [4.69, 9.17) is 4.42 Å². The van der Waals surface area contributed by atoms with Crippen LogP contribution in [0.1, 0.15) is 17.5 Å². The molecule has 2 aromatic carbocycles. The predicted molar refractivity (Wildman–Crippen MR) is 105 cm³/mol. The molecule has 7 heteroatoms. The molecule has 1 atom stereocenters. The molecule has 1 unspecified atom stereocenters. The number of rotatable bonds is 2. The molecule has 0 saturated carbocycles. The monoisotopic (exact) mass is 375 g/mol. The van der Waals surface area contributed by atoms with Crippen LogP contribution in [0.5, 0.6) is 0 Å². The lowest BCUT2D eigenvalue weighted by atomic mass is 10.2. The van der Waals surface area contributed by atoms with Gasteiger partial charge in [0, 0.05) is 13.1 Å². The van der Waals surface area contributed by atoms with Gasteiger partial charge in [0.2, 0.25) is 0 Å². The summed E-state index contributed by atoms with van der Waals surface area (Å²) in [5.41, 5.74) is 0.732. The van der Waals surface area contributed by atoms with Crippen molar-refractivity contribution in [2.45, 2.75) is 13.0 Å². The number of nitrogens with zero attached hydrogens (tertiary/aromatic N) is 3. The van der Waals surface area contributed by atoms with E-state index in [1.807, 2.05) is 18.2 Å². The summed E-state index contributed by atoms with van der Waals surface area (Å²) in [5, 5.41) is 3.56. The van der Waals surface area contributed by atoms with E-state index in [1.165, 1.54) is 5.01 Å². The number of para-hydroxylation sites is 2. The number of carbonyl (C=O) groups excluding carboxylic acids is 2. The van der Waals surface area contributed by atoms with E-state index in [1.54, 1.807) is 55.4 Å². The Kier molecular flexibility index (Phi) is 4.37. The molecule has 4 rings (SSSR count). The van der Waals surface area contributed by atoms with Gasteiger partial charge in [-0.3, -0.25) is 14.4 Å². The van der Waals surface area contributed by atoms with E-state index >= 15 is 0 Å². The minimum absolute atomic E-state index is 0.0900. The number of anilines is 1. The number of hydrazine groups is 1. The first-order valence-corrected chi connectivity index (χ1v) is 8.75. The van der Waals surface area contributed by atoms with Crippen molar-refractivity contribution in [3.8, 4) is 0 Å². The van der Waals surface area contributed by atoms with Gasteiger partial charge in [0.05, 0.1) is 17.1 Å². The van der Waals surface area contributed by atoms with Crippen LogP contribution in [0.4, 0.5) is 5.69 Å². The van der Waals surface area contributed by atoms with Crippen LogP contribution in [-0.2, 0) is 4.79 Å². The Morgan fingerprint density at radius 2 is 1.71 bits per heavy atom. The van der Waals surface area contributed by atoms with Crippen LogP contribution < -0.4 is 10.4 Å². The van der Waals surface area contributed by atoms with Crippen molar-refractivity contribution in [1.82, 2.24) is 5.01 Å². The van der Waals surface area contributed by atoms with Gasteiger partial charge in [-0.05, 0) is 31.2 Å². The number of fused-ring (bicyclic) bond motifs is 1. The molecule has 0 N–H and O–H groups in total. The molecule has 0 radical (unpaired) electrons. The number of aliphatic imine (C=N–C) groups is 1. The van der Waals surface area contributed by atoms with Crippen molar-refractivity contribution >= 4 is 34.2 Å². The highest BCUT2D eigenvalue weighted by molar-refractivity contribution is 6.48. The molecule has 7 nitrogen and oxygen atoms in total. The highest BCUT2D eigenvalue weighted by atomic mass is 16.3. The molecule has 1 aliphatic rings. The maximum atomic E-state index is 12.9. The van der Waals surface area contributed by atoms with Gasteiger partial charge < -0.3 is 4.42 Å². The minimum Gasteiger partial charge on any atom is -0.451 e. The summed E-state index contributed by atoms with van der Waals surface area (Å²) in [5.74, 6) is -1.35. The molecule has 28 heavy (non-hydrogen) atoms. The van der Waals surface area contributed by atoms with Crippen molar-refractivity contribution < 1.29 is 14.0 Å². The summed E-state index contributed by atoms with van der Waals surface area (Å²) in [6.07, 6.45) is 0. The van der Waals surface area contributed by atoms with E-state index in [-0.39, 0.29) is 16.9 Å². The number of hydrogen-bond acceptors (Lipinski definition) is 5. The summed E-state index contributed by atoms with van der Waals surface area (Å²) in [6.45, 7) is 1.78. The second kappa shape index (κ2) is 6.86. The number of hydrogen-bond donors (Lipinski definition) is 0. The van der Waals surface area contributed by atoms with Crippen LogP contribution >= 0.6 is 0 Å². The minimum atomic E-state index is -0.763. The molecule has 1 saturated heterocycles. The molecule has 2 heterocycles. The summed E-state index contributed by atoms with van der Waals surface area (Å²) >= 11 is 0. The smallest absolute Gasteiger partial charge is 0.313 e. The van der Waals surface area contributed by atoms with Gasteiger partial charge in [0.15, 0.2) is 11.2 Å². The Morgan fingerprint density at radius 1 is 1.04 bits per heavy atom. The van der Waals surface area contributed by atoms with Gasteiger partial charge in [0.25, 0.3) is 5.91 Å². The largest absolute Gasteiger partial charge is 0.451 e. The summed E-state index contributed by atoms with van der Waals surface area (Å²) in [4.78, 5) is 41.7. The Hall–Kier alpha value is -3.58. The molecular formula is C21H17N3O4. The average molecular weight is 375 g/mol. The third-order valence-electron chi connectivity index (χ3n) is 4.75. The molecule has 0 aliphatic carbocycles. The van der Waals surface area contributed by atoms with Crippen molar-refractivity contribution in [2.24, 2.45) is 4.99 Å². The van der Waals surface area contributed by atoms with E-state index in [9.17, 15) is 14.4 Å². The maximum Gasteiger partial charge on any atom is 0.313 e. The number of carbonyl (C=O) groups is 2. The van der Waals surface area contributed by atoms with Gasteiger partial charge in [0.1, 0.15) is 11.3 Å². The van der Waals surface area contributed by atoms with Crippen molar-refractivity contribution in [3.63, 3.8) is 0 Å². The fraction of sp³-hybridized carbons (Fsp3) is 0.143. The summed E-state index contributed by atoms with van der Waals surface area (Å²) < 4.78 is 5.53. The molecule has 1 fully saturated rings. The number of benzene rings is 2. The summed E-state index contributed by atoms with van der Waals surface area (Å²) in [6, 6.07) is 16.5. The second-order valence-electron chi connectivity index (χ2n) is 6.48. The topological polar surface area (TPSA) is 83.2 Å². The van der Waals surface area contributed by atoms with Crippen LogP contribution in [0.3, 0.4) is 0 Å². The summed E-state index contributed by atoms with van der Waals surface area (Å²) in [7, 11) is 1.75. The Bertz CT molecular complexity index is 1170. The van der Waals surface area contributed by atoms with E-state index in [2.05, 4.69) is 4.99 Å². The quantitative estimate of drug-likeness (QED) is 0.688. The molecule has 1 aliphatic heterocycles. The van der Waals surface area contributed by atoms with Gasteiger partial charge in [-0.2, -0.15) is 0 Å². The fourth-order valence-electron chi connectivity index (χ4n) is 3.16. The normalized spacial score (nSPS) is 18.9. The first-order valence-electron chi connectivity index (χ1n) is 8.75. The Labute approximate surface area is 160 Å². The van der Waals surface area contributed by atoms with Crippen molar-refractivity contribution in [1.29, 1.82) is 0 Å². The second-order valence-corrected chi connectivity index (χ2v) is 6.48. The van der Waals surface area contributed by atoms with E-state index in [0.29, 0.717) is 16.7 Å². The zero-order valence-corrected chi connectivity index (χ0v) is 15.3. The lowest BCUT2D eigenvalue weighted by Crippen LogP contribution is -2.38. The molecule has 2 amide bonds. The first-order chi connectivity index (χ1) is 13.5. The van der Waals surface area contributed by atoms with Gasteiger partial charge in [-0.15, -0.1) is 0 Å². The first kappa shape index (κ1) is 17.8. The van der Waals surface area contributed by atoms with E-state index < -0.39 is 17.9 Å².